The van der Waals surface area contributed by atoms with Gasteiger partial charge in [-0.2, -0.15) is 0 Å². The van der Waals surface area contributed by atoms with Crippen molar-refractivity contribution in [2.24, 2.45) is 5.92 Å². The summed E-state index contributed by atoms with van der Waals surface area (Å²) >= 11 is 5.84. The van der Waals surface area contributed by atoms with Crippen LogP contribution in [0.2, 0.25) is 5.02 Å². The predicted molar refractivity (Wildman–Crippen MR) is 94.9 cm³/mol. The highest BCUT2D eigenvalue weighted by Crippen LogP contribution is 2.24. The van der Waals surface area contributed by atoms with Crippen LogP contribution in [0.15, 0.2) is 24.3 Å². The molecule has 2 unspecified atom stereocenters. The molecule has 0 radical (unpaired) electrons. The zero-order valence-electron chi connectivity index (χ0n) is 14.2. The van der Waals surface area contributed by atoms with E-state index in [1.54, 1.807) is 19.2 Å². The Bertz CT molecular complexity index is 570. The second kappa shape index (κ2) is 9.60. The molecule has 1 fully saturated rings. The summed E-state index contributed by atoms with van der Waals surface area (Å²) in [6.07, 6.45) is 0.751. The number of carboxylic acid groups (broad SMARTS) is 1. The van der Waals surface area contributed by atoms with Crippen molar-refractivity contribution in [3.05, 3.63) is 29.3 Å². The SMILES string of the molecule is CNN(C(=O)O)C(CC=O)C1CCN(CCOc2ccc(Cl)cc2)C1. The van der Waals surface area contributed by atoms with Crippen LogP contribution in [0.3, 0.4) is 0 Å². The number of likely N-dealkylation sites (tertiary alicyclic amines) is 1. The van der Waals surface area contributed by atoms with Gasteiger partial charge in [-0.1, -0.05) is 11.6 Å². The Morgan fingerprint density at radius 2 is 2.24 bits per heavy atom. The average Bonchev–Trinajstić information content (AvgIpc) is 3.05. The van der Waals surface area contributed by atoms with Crippen LogP contribution in [0.4, 0.5) is 4.79 Å². The topological polar surface area (TPSA) is 82.1 Å². The molecule has 1 aromatic carbocycles. The lowest BCUT2D eigenvalue weighted by Gasteiger charge is -2.31. The number of carbonyl (C=O) groups excluding carboxylic acids is 1. The minimum atomic E-state index is -1.07. The van der Waals surface area contributed by atoms with E-state index < -0.39 is 6.09 Å². The third-order valence-corrected chi connectivity index (χ3v) is 4.71. The minimum Gasteiger partial charge on any atom is -0.492 e. The van der Waals surface area contributed by atoms with E-state index in [1.807, 2.05) is 12.1 Å². The van der Waals surface area contributed by atoms with E-state index in [2.05, 4.69) is 10.3 Å². The van der Waals surface area contributed by atoms with Crippen LogP contribution in [0.5, 0.6) is 5.75 Å². The van der Waals surface area contributed by atoms with E-state index >= 15 is 0 Å². The van der Waals surface area contributed by atoms with Gasteiger partial charge in [0.15, 0.2) is 0 Å². The van der Waals surface area contributed by atoms with Crippen LogP contribution >= 0.6 is 11.6 Å². The summed E-state index contributed by atoms with van der Waals surface area (Å²) in [7, 11) is 1.55. The summed E-state index contributed by atoms with van der Waals surface area (Å²) in [6, 6.07) is 6.86. The van der Waals surface area contributed by atoms with Gasteiger partial charge in [-0.25, -0.2) is 15.2 Å². The number of hydrazine groups is 1. The lowest BCUT2D eigenvalue weighted by Crippen LogP contribution is -2.51. The second-order valence-corrected chi connectivity index (χ2v) is 6.43. The first-order chi connectivity index (χ1) is 12.0. The molecule has 0 spiro atoms. The summed E-state index contributed by atoms with van der Waals surface area (Å²) in [5.74, 6) is 0.885. The van der Waals surface area contributed by atoms with Crippen molar-refractivity contribution in [1.29, 1.82) is 0 Å². The smallest absolute Gasteiger partial charge is 0.422 e. The van der Waals surface area contributed by atoms with Gasteiger partial charge in [-0.3, -0.25) is 4.90 Å². The van der Waals surface area contributed by atoms with Gasteiger partial charge in [0.25, 0.3) is 0 Å². The fraction of sp³-hybridized carbons (Fsp3) is 0.529. The van der Waals surface area contributed by atoms with Crippen molar-refractivity contribution in [3.8, 4) is 5.75 Å². The maximum absolute atomic E-state index is 11.3. The first-order valence-electron chi connectivity index (χ1n) is 8.29. The van der Waals surface area contributed by atoms with E-state index in [-0.39, 0.29) is 18.4 Å². The van der Waals surface area contributed by atoms with E-state index in [1.165, 1.54) is 0 Å². The number of aldehydes is 1. The Balaban J connectivity index is 1.83. The largest absolute Gasteiger partial charge is 0.492 e. The van der Waals surface area contributed by atoms with E-state index in [0.29, 0.717) is 11.6 Å². The summed E-state index contributed by atoms with van der Waals surface area (Å²) in [5.41, 5.74) is 2.67. The lowest BCUT2D eigenvalue weighted by molar-refractivity contribution is -0.109. The molecule has 0 bridgehead atoms. The number of hydrogen-bond donors (Lipinski definition) is 2. The number of benzene rings is 1. The maximum Gasteiger partial charge on any atom is 0.422 e. The Morgan fingerprint density at radius 1 is 1.52 bits per heavy atom. The molecule has 2 atom stereocenters. The molecule has 2 rings (SSSR count). The molecule has 0 saturated carbocycles. The van der Waals surface area contributed by atoms with Gasteiger partial charge in [0.2, 0.25) is 0 Å². The van der Waals surface area contributed by atoms with E-state index in [4.69, 9.17) is 16.3 Å². The molecule has 1 heterocycles. The van der Waals surface area contributed by atoms with Gasteiger partial charge in [0.05, 0.1) is 6.04 Å². The van der Waals surface area contributed by atoms with Gasteiger partial charge in [-0.15, -0.1) is 0 Å². The van der Waals surface area contributed by atoms with Gasteiger partial charge < -0.3 is 14.6 Å². The molecular formula is C17H24ClN3O4. The third kappa shape index (κ3) is 5.59. The molecule has 1 aliphatic rings. The summed E-state index contributed by atoms with van der Waals surface area (Å²) in [6.45, 7) is 2.90. The number of halogens is 1. The van der Waals surface area contributed by atoms with Gasteiger partial charge >= 0.3 is 6.09 Å². The fourth-order valence-corrected chi connectivity index (χ4v) is 3.34. The number of amides is 1. The molecule has 1 saturated heterocycles. The van der Waals surface area contributed by atoms with E-state index in [9.17, 15) is 14.7 Å². The molecular weight excluding hydrogens is 346 g/mol. The second-order valence-electron chi connectivity index (χ2n) is 6.00. The van der Waals surface area contributed by atoms with Crippen molar-refractivity contribution in [1.82, 2.24) is 15.3 Å². The molecule has 1 amide bonds. The summed E-state index contributed by atoms with van der Waals surface area (Å²) < 4.78 is 5.70. The molecule has 25 heavy (non-hydrogen) atoms. The first kappa shape index (κ1) is 19.5. The first-order valence-corrected chi connectivity index (χ1v) is 8.66. The molecule has 2 N–H and O–H groups in total. The number of carbonyl (C=O) groups is 2. The molecule has 0 aliphatic carbocycles. The monoisotopic (exact) mass is 369 g/mol. The maximum atomic E-state index is 11.3. The minimum absolute atomic E-state index is 0.115. The quantitative estimate of drug-likeness (QED) is 0.512. The average molecular weight is 370 g/mol. The van der Waals surface area contributed by atoms with Crippen molar-refractivity contribution >= 4 is 24.0 Å². The normalized spacial score (nSPS) is 18.7. The number of hydrogen-bond acceptors (Lipinski definition) is 5. The van der Waals surface area contributed by atoms with Gasteiger partial charge in [0.1, 0.15) is 18.6 Å². The van der Waals surface area contributed by atoms with Crippen LogP contribution in [0.1, 0.15) is 12.8 Å². The van der Waals surface area contributed by atoms with Crippen LogP contribution in [0.25, 0.3) is 0 Å². The molecule has 8 heteroatoms. The zero-order chi connectivity index (χ0) is 18.2. The molecule has 1 aliphatic heterocycles. The van der Waals surface area contributed by atoms with Gasteiger partial charge in [0, 0.05) is 31.6 Å². The van der Waals surface area contributed by atoms with Gasteiger partial charge in [-0.05, 0) is 43.1 Å². The number of nitrogens with one attached hydrogen (secondary N) is 1. The Morgan fingerprint density at radius 3 is 2.84 bits per heavy atom. The number of ether oxygens (including phenoxy) is 1. The zero-order valence-corrected chi connectivity index (χ0v) is 15.0. The van der Waals surface area contributed by atoms with Crippen LogP contribution in [-0.2, 0) is 4.79 Å². The Labute approximate surface area is 152 Å². The highest BCUT2D eigenvalue weighted by Gasteiger charge is 2.34. The summed E-state index contributed by atoms with van der Waals surface area (Å²) in [4.78, 5) is 24.5. The van der Waals surface area contributed by atoms with Crippen molar-refractivity contribution in [3.63, 3.8) is 0 Å². The highest BCUT2D eigenvalue weighted by atomic mass is 35.5. The lowest BCUT2D eigenvalue weighted by atomic mass is 9.96. The van der Waals surface area contributed by atoms with Crippen molar-refractivity contribution < 1.29 is 19.4 Å². The Hall–Kier alpha value is -1.83. The Kier molecular flexibility index (Phi) is 7.49. The van der Waals surface area contributed by atoms with Crippen molar-refractivity contribution in [2.75, 3.05) is 33.3 Å². The van der Waals surface area contributed by atoms with Crippen molar-refractivity contribution in [2.45, 2.75) is 18.9 Å². The third-order valence-electron chi connectivity index (χ3n) is 4.46. The van der Waals surface area contributed by atoms with E-state index in [0.717, 1.165) is 43.1 Å². The van der Waals surface area contributed by atoms with Crippen LogP contribution in [0, 0.1) is 5.92 Å². The molecule has 138 valence electrons. The predicted octanol–water partition coefficient (Wildman–Crippen LogP) is 2.11. The fourth-order valence-electron chi connectivity index (χ4n) is 3.21. The molecule has 1 aromatic rings. The molecule has 0 aromatic heterocycles. The number of nitrogens with zero attached hydrogens (tertiary/aromatic N) is 2. The highest BCUT2D eigenvalue weighted by molar-refractivity contribution is 6.30. The number of rotatable bonds is 9. The summed E-state index contributed by atoms with van der Waals surface area (Å²) in [5, 5.41) is 11.1. The van der Waals surface area contributed by atoms with Crippen LogP contribution < -0.4 is 10.2 Å². The standard InChI is InChI=1S/C17H24ClN3O4/c1-19-21(17(23)24)16(7-10-22)13-6-8-20(12-13)9-11-25-15-4-2-14(18)3-5-15/h2-5,10,13,16,19H,6-9,11-12H2,1H3,(H,23,24). The molecule has 7 nitrogen and oxygen atoms in total. The van der Waals surface area contributed by atoms with Crippen LogP contribution in [-0.4, -0.2) is 66.7 Å².